The summed E-state index contributed by atoms with van der Waals surface area (Å²) in [5.41, 5.74) is 3.43. The van der Waals surface area contributed by atoms with Gasteiger partial charge < -0.3 is 21.1 Å². The van der Waals surface area contributed by atoms with E-state index in [0.717, 1.165) is 16.7 Å². The predicted molar refractivity (Wildman–Crippen MR) is 203 cm³/mol. The number of allylic oxidation sites excluding steroid dienone is 1. The van der Waals surface area contributed by atoms with Crippen LogP contribution in [0.5, 0.6) is 0 Å². The van der Waals surface area contributed by atoms with E-state index >= 15 is 0 Å². The SMILES string of the molecule is CC(C)[C@H]1NC(=O)[C@@H](C)NC(=O)[C@@H](C(C)C)NC(=O)C[C@@H](C=CCCSC(c2ccccc2)(c2ccccc2)c2ccccc2)OOC(=O)C[C@@H]1O. The molecule has 3 amide bonds. The molecule has 1 aliphatic rings. The number of carbonyl (C=O) groups is 4. The van der Waals surface area contributed by atoms with Gasteiger partial charge in [0.25, 0.3) is 0 Å². The number of benzene rings is 3. The smallest absolute Gasteiger partial charge is 0.345 e. The molecule has 0 unspecified atom stereocenters. The van der Waals surface area contributed by atoms with E-state index in [2.05, 4.69) is 52.3 Å². The first-order valence-corrected chi connectivity index (χ1v) is 18.8. The minimum atomic E-state index is -1.28. The molecule has 0 bridgehead atoms. The average Bonchev–Trinajstić information content (AvgIpc) is 3.13. The summed E-state index contributed by atoms with van der Waals surface area (Å²) >= 11 is 1.79. The first-order chi connectivity index (χ1) is 24.9. The van der Waals surface area contributed by atoms with Gasteiger partial charge in [0.15, 0.2) is 0 Å². The molecule has 0 aliphatic carbocycles. The summed E-state index contributed by atoms with van der Waals surface area (Å²) in [6.07, 6.45) is 1.19. The van der Waals surface area contributed by atoms with Crippen molar-refractivity contribution in [2.24, 2.45) is 11.8 Å². The molecule has 3 aromatic carbocycles. The van der Waals surface area contributed by atoms with Crippen LogP contribution in [0.4, 0.5) is 0 Å². The fraction of sp³-hybridized carbons (Fsp3) is 0.415. The van der Waals surface area contributed by atoms with Crippen LogP contribution in [0.2, 0.25) is 0 Å². The lowest BCUT2D eigenvalue weighted by atomic mass is 9.84. The fourth-order valence-electron chi connectivity index (χ4n) is 6.19. The number of thioether (sulfide) groups is 1. The van der Waals surface area contributed by atoms with Crippen molar-refractivity contribution < 1.29 is 34.1 Å². The van der Waals surface area contributed by atoms with Crippen molar-refractivity contribution in [1.82, 2.24) is 16.0 Å². The molecular weight excluding hydrogens is 679 g/mol. The molecule has 1 heterocycles. The summed E-state index contributed by atoms with van der Waals surface area (Å²) in [6, 6.07) is 28.4. The molecule has 1 saturated heterocycles. The molecular formula is C41H51N3O7S. The van der Waals surface area contributed by atoms with Gasteiger partial charge in [-0.25, -0.2) is 4.79 Å². The van der Waals surface area contributed by atoms with E-state index in [1.165, 1.54) is 6.92 Å². The quantitative estimate of drug-likeness (QED) is 0.0936. The second-order valence-electron chi connectivity index (χ2n) is 13.7. The number of aliphatic hydroxyl groups excluding tert-OH is 1. The van der Waals surface area contributed by atoms with Crippen molar-refractivity contribution in [2.75, 3.05) is 5.75 Å². The summed E-state index contributed by atoms with van der Waals surface area (Å²) in [5.74, 6) is -2.26. The van der Waals surface area contributed by atoms with E-state index in [9.17, 15) is 24.3 Å². The lowest BCUT2D eigenvalue weighted by Crippen LogP contribution is -2.57. The number of nitrogens with one attached hydrogen (secondary N) is 3. The highest BCUT2D eigenvalue weighted by Crippen LogP contribution is 2.48. The molecule has 0 radical (unpaired) electrons. The first kappa shape index (κ1) is 40.3. The van der Waals surface area contributed by atoms with E-state index in [1.807, 2.05) is 60.7 Å². The first-order valence-electron chi connectivity index (χ1n) is 17.8. The predicted octanol–water partition coefficient (Wildman–Crippen LogP) is 5.44. The maximum Gasteiger partial charge on any atom is 0.345 e. The molecule has 1 fully saturated rings. The van der Waals surface area contributed by atoms with Crippen molar-refractivity contribution in [2.45, 2.75) is 89.0 Å². The minimum Gasteiger partial charge on any atom is -0.390 e. The van der Waals surface area contributed by atoms with Gasteiger partial charge in [-0.3, -0.25) is 19.3 Å². The van der Waals surface area contributed by atoms with Crippen LogP contribution in [-0.4, -0.2) is 64.9 Å². The Bertz CT molecular complexity index is 1540. The molecule has 4 N–H and O–H groups in total. The van der Waals surface area contributed by atoms with Crippen LogP contribution in [0.15, 0.2) is 103 Å². The monoisotopic (exact) mass is 729 g/mol. The minimum absolute atomic E-state index is 0.241. The fourth-order valence-corrected chi connectivity index (χ4v) is 7.66. The molecule has 3 aromatic rings. The maximum absolute atomic E-state index is 13.3. The normalized spacial score (nSPS) is 22.9. The maximum atomic E-state index is 13.3. The summed E-state index contributed by atoms with van der Waals surface area (Å²) in [6.45, 7) is 8.68. The summed E-state index contributed by atoms with van der Waals surface area (Å²) < 4.78 is -0.496. The zero-order valence-corrected chi connectivity index (χ0v) is 31.3. The number of rotatable bonds is 10. The van der Waals surface area contributed by atoms with E-state index in [-0.39, 0.29) is 18.3 Å². The van der Waals surface area contributed by atoms with E-state index < -0.39 is 65.2 Å². The van der Waals surface area contributed by atoms with Crippen LogP contribution in [0.3, 0.4) is 0 Å². The van der Waals surface area contributed by atoms with Gasteiger partial charge in [-0.15, -0.1) is 11.8 Å². The second kappa shape index (κ2) is 19.4. The lowest BCUT2D eigenvalue weighted by molar-refractivity contribution is -0.290. The summed E-state index contributed by atoms with van der Waals surface area (Å²) in [4.78, 5) is 62.8. The summed E-state index contributed by atoms with van der Waals surface area (Å²) in [7, 11) is 0. The van der Waals surface area contributed by atoms with E-state index in [4.69, 9.17) is 9.78 Å². The highest BCUT2D eigenvalue weighted by molar-refractivity contribution is 8.00. The highest BCUT2D eigenvalue weighted by Gasteiger charge is 2.37. The Labute approximate surface area is 311 Å². The largest absolute Gasteiger partial charge is 0.390 e. The van der Waals surface area contributed by atoms with E-state index in [0.29, 0.717) is 12.2 Å². The van der Waals surface area contributed by atoms with Crippen LogP contribution in [0, 0.1) is 11.8 Å². The number of hydrogen-bond acceptors (Lipinski definition) is 8. The highest BCUT2D eigenvalue weighted by atomic mass is 32.2. The van der Waals surface area contributed by atoms with Gasteiger partial charge in [0.05, 0.1) is 29.7 Å². The standard InChI is InChI=1S/C41H51N3O7S/c1-27(2)37-34(45)26-36(47)51-50-33(25-35(46)43-38(28(3)4)40(49)42-29(5)39(48)44-37)23-15-16-24-52-41(30-17-9-6-10-18-30,31-19-11-7-12-20-31)32-21-13-8-14-22-32/h6-15,17-23,27-29,33-34,37-38,45H,16,24-26H2,1-5H3,(H,42,49)(H,43,46)(H,44,48)/t29-,33-,34+,37-,38-/m1/s1. The Kier molecular flexibility index (Phi) is 15.0. The Morgan fingerprint density at radius 1 is 0.769 bits per heavy atom. The average molecular weight is 730 g/mol. The molecule has 0 spiro atoms. The Hall–Kier alpha value is -4.45. The molecule has 0 saturated carbocycles. The zero-order chi connectivity index (χ0) is 37.7. The zero-order valence-electron chi connectivity index (χ0n) is 30.5. The number of hydrogen-bond donors (Lipinski definition) is 4. The molecule has 278 valence electrons. The third-order valence-electron chi connectivity index (χ3n) is 8.98. The van der Waals surface area contributed by atoms with Crippen LogP contribution in [-0.2, 0) is 33.7 Å². The van der Waals surface area contributed by atoms with Crippen LogP contribution in [0.25, 0.3) is 0 Å². The van der Waals surface area contributed by atoms with Gasteiger partial charge in [-0.2, -0.15) is 4.89 Å². The molecule has 11 heteroatoms. The van der Waals surface area contributed by atoms with Gasteiger partial charge in [0, 0.05) is 0 Å². The summed E-state index contributed by atoms with van der Waals surface area (Å²) in [5, 5.41) is 19.0. The second-order valence-corrected chi connectivity index (χ2v) is 15.0. The Morgan fingerprint density at radius 3 is 1.81 bits per heavy atom. The van der Waals surface area contributed by atoms with Crippen molar-refractivity contribution in [1.29, 1.82) is 0 Å². The third-order valence-corrected chi connectivity index (χ3v) is 10.6. The van der Waals surface area contributed by atoms with Crippen molar-refractivity contribution in [3.05, 3.63) is 120 Å². The molecule has 10 nitrogen and oxygen atoms in total. The Balaban J connectivity index is 1.55. The van der Waals surface area contributed by atoms with Crippen LogP contribution >= 0.6 is 11.8 Å². The van der Waals surface area contributed by atoms with Crippen molar-refractivity contribution in [3.63, 3.8) is 0 Å². The molecule has 52 heavy (non-hydrogen) atoms. The topological polar surface area (TPSA) is 143 Å². The third kappa shape index (κ3) is 10.8. The van der Waals surface area contributed by atoms with Gasteiger partial charge in [-0.1, -0.05) is 131 Å². The number of carbonyl (C=O) groups excluding carboxylic acids is 4. The Morgan fingerprint density at radius 2 is 1.31 bits per heavy atom. The molecule has 5 atom stereocenters. The molecule has 0 aromatic heterocycles. The van der Waals surface area contributed by atoms with Crippen molar-refractivity contribution >= 4 is 35.5 Å². The molecule has 4 rings (SSSR count). The van der Waals surface area contributed by atoms with E-state index in [1.54, 1.807) is 45.5 Å². The van der Waals surface area contributed by atoms with Gasteiger partial charge in [-0.05, 0) is 47.6 Å². The van der Waals surface area contributed by atoms with Crippen LogP contribution in [0.1, 0.15) is 70.6 Å². The number of aliphatic hydroxyl groups is 1. The van der Waals surface area contributed by atoms with Crippen molar-refractivity contribution in [3.8, 4) is 0 Å². The van der Waals surface area contributed by atoms with Crippen LogP contribution < -0.4 is 16.0 Å². The van der Waals surface area contributed by atoms with Gasteiger partial charge in [0.2, 0.25) is 17.7 Å². The van der Waals surface area contributed by atoms with Gasteiger partial charge in [0.1, 0.15) is 18.2 Å². The number of amides is 3. The van der Waals surface area contributed by atoms with Gasteiger partial charge >= 0.3 is 5.97 Å². The lowest BCUT2D eigenvalue weighted by Gasteiger charge is -2.35. The molecule has 1 aliphatic heterocycles.